The average molecular weight is 325 g/mol. The standard InChI is InChI=1S/C13H7Cl2FN4O/c14-6-4-7(15)11(18-5-6)12-19-13(21-20-12)10-8(16)2-1-3-9(10)17/h1-5H,17H2. The number of nitrogens with zero attached hydrogens (tertiary/aromatic N) is 3. The van der Waals surface area contributed by atoms with Gasteiger partial charge in [0.25, 0.3) is 5.89 Å². The van der Waals surface area contributed by atoms with Crippen LogP contribution >= 0.6 is 23.2 Å². The average Bonchev–Trinajstić information content (AvgIpc) is 2.87. The zero-order valence-corrected chi connectivity index (χ0v) is 11.9. The molecule has 0 atom stereocenters. The molecular formula is C13H7Cl2FN4O. The molecule has 21 heavy (non-hydrogen) atoms. The maximum atomic E-state index is 13.8. The summed E-state index contributed by atoms with van der Waals surface area (Å²) in [6.45, 7) is 0. The molecule has 2 N–H and O–H groups in total. The Hall–Kier alpha value is -2.18. The van der Waals surface area contributed by atoms with Crippen molar-refractivity contribution in [2.24, 2.45) is 0 Å². The fraction of sp³-hybridized carbons (Fsp3) is 0. The van der Waals surface area contributed by atoms with Crippen molar-refractivity contribution in [3.8, 4) is 23.0 Å². The number of aromatic nitrogens is 3. The molecule has 0 aliphatic heterocycles. The number of hydrogen-bond donors (Lipinski definition) is 1. The minimum atomic E-state index is -0.555. The van der Waals surface area contributed by atoms with Gasteiger partial charge in [-0.05, 0) is 18.2 Å². The third kappa shape index (κ3) is 2.55. The van der Waals surface area contributed by atoms with Gasteiger partial charge in [-0.25, -0.2) is 9.37 Å². The Morgan fingerprint density at radius 1 is 1.24 bits per heavy atom. The molecule has 0 fully saturated rings. The van der Waals surface area contributed by atoms with Crippen molar-refractivity contribution in [3.05, 3.63) is 46.3 Å². The van der Waals surface area contributed by atoms with Crippen LogP contribution in [-0.2, 0) is 0 Å². The van der Waals surface area contributed by atoms with Gasteiger partial charge in [-0.1, -0.05) is 34.4 Å². The van der Waals surface area contributed by atoms with E-state index in [0.29, 0.717) is 5.02 Å². The maximum Gasteiger partial charge on any atom is 0.263 e. The Morgan fingerprint density at radius 2 is 2.05 bits per heavy atom. The number of benzene rings is 1. The number of hydrogen-bond acceptors (Lipinski definition) is 5. The zero-order chi connectivity index (χ0) is 15.0. The van der Waals surface area contributed by atoms with Gasteiger partial charge in [0.1, 0.15) is 11.5 Å². The zero-order valence-electron chi connectivity index (χ0n) is 10.3. The second-order valence-electron chi connectivity index (χ2n) is 4.11. The van der Waals surface area contributed by atoms with E-state index in [1.807, 2.05) is 0 Å². The summed E-state index contributed by atoms with van der Waals surface area (Å²) in [4.78, 5) is 8.10. The van der Waals surface area contributed by atoms with Gasteiger partial charge in [0.15, 0.2) is 0 Å². The molecule has 0 aliphatic carbocycles. The summed E-state index contributed by atoms with van der Waals surface area (Å²) in [5, 5.41) is 4.38. The highest BCUT2D eigenvalue weighted by Crippen LogP contribution is 2.31. The molecule has 0 radical (unpaired) electrons. The highest BCUT2D eigenvalue weighted by molar-refractivity contribution is 6.35. The monoisotopic (exact) mass is 324 g/mol. The van der Waals surface area contributed by atoms with Crippen LogP contribution in [0.2, 0.25) is 10.0 Å². The lowest BCUT2D eigenvalue weighted by atomic mass is 10.1. The van der Waals surface area contributed by atoms with Gasteiger partial charge < -0.3 is 10.3 Å². The molecule has 0 saturated carbocycles. The molecule has 5 nitrogen and oxygen atoms in total. The van der Waals surface area contributed by atoms with E-state index in [0.717, 1.165) is 0 Å². The minimum Gasteiger partial charge on any atom is -0.398 e. The van der Waals surface area contributed by atoms with Crippen molar-refractivity contribution in [2.75, 3.05) is 5.73 Å². The lowest BCUT2D eigenvalue weighted by Crippen LogP contribution is -1.93. The predicted molar refractivity (Wildman–Crippen MR) is 77.4 cm³/mol. The molecule has 0 amide bonds. The van der Waals surface area contributed by atoms with E-state index < -0.39 is 5.82 Å². The van der Waals surface area contributed by atoms with E-state index in [2.05, 4.69) is 15.1 Å². The first-order chi connectivity index (χ1) is 10.1. The van der Waals surface area contributed by atoms with Gasteiger partial charge in [-0.2, -0.15) is 4.98 Å². The summed E-state index contributed by atoms with van der Waals surface area (Å²) >= 11 is 11.8. The molecule has 106 valence electrons. The van der Waals surface area contributed by atoms with Crippen LogP contribution in [0.5, 0.6) is 0 Å². The molecule has 2 heterocycles. The summed E-state index contributed by atoms with van der Waals surface area (Å²) < 4.78 is 18.9. The van der Waals surface area contributed by atoms with Crippen molar-refractivity contribution >= 4 is 28.9 Å². The van der Waals surface area contributed by atoms with Crippen LogP contribution in [0.4, 0.5) is 10.1 Å². The molecule has 0 unspecified atom stereocenters. The van der Waals surface area contributed by atoms with Gasteiger partial charge in [-0.15, -0.1) is 0 Å². The van der Waals surface area contributed by atoms with Gasteiger partial charge in [0.05, 0.1) is 15.6 Å². The lowest BCUT2D eigenvalue weighted by Gasteiger charge is -2.00. The van der Waals surface area contributed by atoms with Crippen LogP contribution in [-0.4, -0.2) is 15.1 Å². The third-order valence-electron chi connectivity index (χ3n) is 2.71. The van der Waals surface area contributed by atoms with Crippen LogP contribution in [0.15, 0.2) is 35.0 Å². The van der Waals surface area contributed by atoms with E-state index >= 15 is 0 Å². The largest absolute Gasteiger partial charge is 0.398 e. The summed E-state index contributed by atoms with van der Waals surface area (Å²) in [6, 6.07) is 5.78. The van der Waals surface area contributed by atoms with Crippen molar-refractivity contribution in [2.45, 2.75) is 0 Å². The molecule has 0 aliphatic rings. The number of rotatable bonds is 2. The normalized spacial score (nSPS) is 10.8. The first-order valence-corrected chi connectivity index (χ1v) is 6.51. The van der Waals surface area contributed by atoms with Crippen molar-refractivity contribution in [3.63, 3.8) is 0 Å². The van der Waals surface area contributed by atoms with Gasteiger partial charge >= 0.3 is 0 Å². The smallest absolute Gasteiger partial charge is 0.263 e. The van der Waals surface area contributed by atoms with Gasteiger partial charge in [0, 0.05) is 11.9 Å². The van der Waals surface area contributed by atoms with E-state index in [9.17, 15) is 4.39 Å². The van der Waals surface area contributed by atoms with Crippen LogP contribution in [0, 0.1) is 5.82 Å². The minimum absolute atomic E-state index is 0.0429. The second kappa shape index (κ2) is 5.31. The number of halogens is 3. The van der Waals surface area contributed by atoms with Crippen LogP contribution in [0.25, 0.3) is 23.0 Å². The van der Waals surface area contributed by atoms with E-state index in [-0.39, 0.29) is 33.7 Å². The Balaban J connectivity index is 2.08. The van der Waals surface area contributed by atoms with Crippen molar-refractivity contribution < 1.29 is 8.91 Å². The maximum absolute atomic E-state index is 13.8. The topological polar surface area (TPSA) is 77.8 Å². The first kappa shape index (κ1) is 13.8. The van der Waals surface area contributed by atoms with E-state index in [1.54, 1.807) is 0 Å². The first-order valence-electron chi connectivity index (χ1n) is 5.75. The van der Waals surface area contributed by atoms with E-state index in [4.69, 9.17) is 33.5 Å². The summed E-state index contributed by atoms with van der Waals surface area (Å²) in [5.74, 6) is -0.483. The Bertz CT molecular complexity index is 801. The summed E-state index contributed by atoms with van der Waals surface area (Å²) in [7, 11) is 0. The summed E-state index contributed by atoms with van der Waals surface area (Å²) in [6.07, 6.45) is 1.40. The molecule has 3 rings (SSSR count). The van der Waals surface area contributed by atoms with Crippen molar-refractivity contribution in [1.29, 1.82) is 0 Å². The highest BCUT2D eigenvalue weighted by atomic mass is 35.5. The number of anilines is 1. The molecule has 8 heteroatoms. The number of nitrogens with two attached hydrogens (primary N) is 1. The molecule has 0 bridgehead atoms. The fourth-order valence-electron chi connectivity index (χ4n) is 1.77. The molecular weight excluding hydrogens is 318 g/mol. The highest BCUT2D eigenvalue weighted by Gasteiger charge is 2.19. The molecule has 1 aromatic carbocycles. The fourth-order valence-corrected chi connectivity index (χ4v) is 2.23. The SMILES string of the molecule is Nc1cccc(F)c1-c1nc(-c2ncc(Cl)cc2Cl)no1. The second-order valence-corrected chi connectivity index (χ2v) is 4.95. The van der Waals surface area contributed by atoms with Crippen LogP contribution in [0.1, 0.15) is 0 Å². The quantitative estimate of drug-likeness (QED) is 0.725. The molecule has 0 spiro atoms. The molecule has 3 aromatic rings. The number of pyridine rings is 1. The van der Waals surface area contributed by atoms with E-state index in [1.165, 1.54) is 30.5 Å². The Labute approximate surface area is 128 Å². The van der Waals surface area contributed by atoms with Crippen molar-refractivity contribution in [1.82, 2.24) is 15.1 Å². The number of nitrogen functional groups attached to an aromatic ring is 1. The lowest BCUT2D eigenvalue weighted by molar-refractivity contribution is 0.429. The van der Waals surface area contributed by atoms with Crippen LogP contribution < -0.4 is 5.73 Å². The Morgan fingerprint density at radius 3 is 2.76 bits per heavy atom. The van der Waals surface area contributed by atoms with Crippen LogP contribution in [0.3, 0.4) is 0 Å². The van der Waals surface area contributed by atoms with Gasteiger partial charge in [-0.3, -0.25) is 0 Å². The molecule has 2 aromatic heterocycles. The van der Waals surface area contributed by atoms with Gasteiger partial charge in [0.2, 0.25) is 5.82 Å². The molecule has 0 saturated heterocycles. The summed E-state index contributed by atoms with van der Waals surface area (Å²) in [5.41, 5.74) is 6.25. The predicted octanol–water partition coefficient (Wildman–Crippen LogP) is 3.83. The Kier molecular flexibility index (Phi) is 3.48. The third-order valence-corrected chi connectivity index (χ3v) is 3.20.